The number of fused-ring (bicyclic) bond motifs is 1. The van der Waals surface area contributed by atoms with Crippen molar-refractivity contribution in [3.8, 4) is 17.0 Å². The maximum Gasteiger partial charge on any atom is 0.269 e. The van der Waals surface area contributed by atoms with Crippen LogP contribution >= 0.6 is 0 Å². The Morgan fingerprint density at radius 2 is 1.92 bits per heavy atom. The summed E-state index contributed by atoms with van der Waals surface area (Å²) in [5.74, 6) is -0.512. The zero-order valence-electron chi connectivity index (χ0n) is 13.5. The van der Waals surface area contributed by atoms with Gasteiger partial charge in [-0.15, -0.1) is 10.2 Å². The molecule has 4 rings (SSSR count). The number of pyridine rings is 1. The topological polar surface area (TPSA) is 130 Å². The molecule has 1 aromatic carbocycles. The van der Waals surface area contributed by atoms with Gasteiger partial charge in [0.25, 0.3) is 5.91 Å². The van der Waals surface area contributed by atoms with Gasteiger partial charge in [-0.05, 0) is 36.4 Å². The lowest BCUT2D eigenvalue weighted by Crippen LogP contribution is -2.16. The van der Waals surface area contributed by atoms with Crippen molar-refractivity contribution in [2.75, 3.05) is 5.32 Å². The molecule has 3 heterocycles. The van der Waals surface area contributed by atoms with Crippen LogP contribution in [0, 0.1) is 0 Å². The number of nitrogens with one attached hydrogen (secondary N) is 2. The molecule has 0 radical (unpaired) electrons. The summed E-state index contributed by atoms with van der Waals surface area (Å²) in [6.07, 6.45) is 3.36. The van der Waals surface area contributed by atoms with Crippen molar-refractivity contribution in [1.82, 2.24) is 20.2 Å². The number of carbonyl (C=O) groups excluding carboxylic acids is 1. The Morgan fingerprint density at radius 1 is 1.12 bits per heavy atom. The van der Waals surface area contributed by atoms with Crippen molar-refractivity contribution >= 4 is 28.3 Å². The first-order valence-corrected chi connectivity index (χ1v) is 7.78. The maximum absolute atomic E-state index is 11.9. The standard InChI is InChI=1S/C18H14N6O2/c19-17(26)16-14(12-3-1-2-8-20-12)15-13(9-21-18(15)24-23-16)22-10-4-6-11(25)7-5-10/h1-9,22,25H,(H2,19,26)(H,21,24). The molecule has 0 atom stereocenters. The lowest BCUT2D eigenvalue weighted by molar-refractivity contribution is 0.0995. The third-order valence-electron chi connectivity index (χ3n) is 3.90. The van der Waals surface area contributed by atoms with E-state index in [1.54, 1.807) is 48.8 Å². The number of primary amides is 1. The summed E-state index contributed by atoms with van der Waals surface area (Å²) < 4.78 is 0. The summed E-state index contributed by atoms with van der Waals surface area (Å²) in [5, 5.41) is 21.3. The van der Waals surface area contributed by atoms with Crippen molar-refractivity contribution in [2.24, 2.45) is 5.73 Å². The van der Waals surface area contributed by atoms with Crippen molar-refractivity contribution in [2.45, 2.75) is 0 Å². The second kappa shape index (κ2) is 6.17. The van der Waals surface area contributed by atoms with Crippen LogP contribution in [0.2, 0.25) is 0 Å². The fraction of sp³-hybridized carbons (Fsp3) is 0. The van der Waals surface area contributed by atoms with Gasteiger partial charge in [-0.3, -0.25) is 9.78 Å². The number of benzene rings is 1. The van der Waals surface area contributed by atoms with E-state index >= 15 is 0 Å². The number of phenolic OH excluding ortho intramolecular Hbond substituents is 1. The quantitative estimate of drug-likeness (QED) is 0.420. The number of aromatic nitrogens is 4. The Bertz CT molecular complexity index is 1090. The highest BCUT2D eigenvalue weighted by molar-refractivity contribution is 6.10. The summed E-state index contributed by atoms with van der Waals surface area (Å²) >= 11 is 0. The highest BCUT2D eigenvalue weighted by atomic mass is 16.3. The molecular weight excluding hydrogens is 332 g/mol. The molecule has 0 aliphatic heterocycles. The number of amides is 1. The highest BCUT2D eigenvalue weighted by Gasteiger charge is 2.21. The van der Waals surface area contributed by atoms with E-state index in [1.807, 2.05) is 6.07 Å². The zero-order chi connectivity index (χ0) is 18.1. The number of anilines is 2. The van der Waals surface area contributed by atoms with Crippen LogP contribution in [0.5, 0.6) is 5.75 Å². The summed E-state index contributed by atoms with van der Waals surface area (Å²) in [6.45, 7) is 0. The van der Waals surface area contributed by atoms with Gasteiger partial charge in [0.05, 0.1) is 16.8 Å². The minimum Gasteiger partial charge on any atom is -0.508 e. The van der Waals surface area contributed by atoms with Crippen molar-refractivity contribution in [1.29, 1.82) is 0 Å². The van der Waals surface area contributed by atoms with Crippen molar-refractivity contribution in [3.63, 3.8) is 0 Å². The zero-order valence-corrected chi connectivity index (χ0v) is 13.5. The number of hydrogen-bond donors (Lipinski definition) is 4. The number of phenols is 1. The molecule has 0 bridgehead atoms. The fourth-order valence-corrected chi connectivity index (χ4v) is 2.74. The van der Waals surface area contributed by atoms with Gasteiger partial charge in [0.1, 0.15) is 5.75 Å². The number of nitrogens with zero attached hydrogens (tertiary/aromatic N) is 3. The van der Waals surface area contributed by atoms with Gasteiger partial charge >= 0.3 is 0 Å². The molecule has 0 saturated heterocycles. The molecule has 8 nitrogen and oxygen atoms in total. The minimum absolute atomic E-state index is 0.0459. The van der Waals surface area contributed by atoms with Crippen molar-refractivity contribution in [3.05, 3.63) is 60.6 Å². The number of rotatable bonds is 4. The lowest BCUT2D eigenvalue weighted by Gasteiger charge is -2.10. The highest BCUT2D eigenvalue weighted by Crippen LogP contribution is 2.35. The van der Waals surface area contributed by atoms with E-state index in [4.69, 9.17) is 5.73 Å². The largest absolute Gasteiger partial charge is 0.508 e. The molecule has 0 fully saturated rings. The molecule has 1 amide bonds. The number of H-pyrrole nitrogens is 1. The van der Waals surface area contributed by atoms with E-state index in [2.05, 4.69) is 25.5 Å². The van der Waals surface area contributed by atoms with Gasteiger partial charge in [0.2, 0.25) is 0 Å². The summed E-state index contributed by atoms with van der Waals surface area (Å²) in [5.41, 5.74) is 8.56. The Hall–Kier alpha value is -3.94. The van der Waals surface area contributed by atoms with Crippen LogP contribution in [-0.2, 0) is 0 Å². The molecule has 26 heavy (non-hydrogen) atoms. The Kier molecular flexibility index (Phi) is 3.70. The van der Waals surface area contributed by atoms with E-state index in [-0.39, 0.29) is 11.4 Å². The second-order valence-electron chi connectivity index (χ2n) is 5.60. The average Bonchev–Trinajstić information content (AvgIpc) is 3.06. The first-order chi connectivity index (χ1) is 12.6. The van der Waals surface area contributed by atoms with Crippen molar-refractivity contribution < 1.29 is 9.90 Å². The molecule has 8 heteroatoms. The van der Waals surface area contributed by atoms with Gasteiger partial charge in [-0.25, -0.2) is 0 Å². The van der Waals surface area contributed by atoms with E-state index < -0.39 is 5.91 Å². The number of nitrogens with two attached hydrogens (primary N) is 1. The second-order valence-corrected chi connectivity index (χ2v) is 5.60. The van der Waals surface area contributed by atoms with E-state index in [0.717, 1.165) is 5.69 Å². The molecule has 5 N–H and O–H groups in total. The van der Waals surface area contributed by atoms with Gasteiger partial charge in [-0.2, -0.15) is 0 Å². The number of aromatic amines is 1. The number of aromatic hydroxyl groups is 1. The summed E-state index contributed by atoms with van der Waals surface area (Å²) in [7, 11) is 0. The summed E-state index contributed by atoms with van der Waals surface area (Å²) in [4.78, 5) is 19.3. The lowest BCUT2D eigenvalue weighted by atomic mass is 10.0. The molecule has 4 aromatic rings. The Labute approximate surface area is 147 Å². The molecule has 0 unspecified atom stereocenters. The van der Waals surface area contributed by atoms with Gasteiger partial charge in [0.15, 0.2) is 11.3 Å². The van der Waals surface area contributed by atoms with Crippen LogP contribution in [0.25, 0.3) is 22.3 Å². The fourth-order valence-electron chi connectivity index (χ4n) is 2.74. The normalized spacial score (nSPS) is 10.8. The Balaban J connectivity index is 1.94. The molecule has 0 aliphatic carbocycles. The maximum atomic E-state index is 11.9. The van der Waals surface area contributed by atoms with Crippen LogP contribution < -0.4 is 11.1 Å². The molecular formula is C18H14N6O2. The monoisotopic (exact) mass is 346 g/mol. The SMILES string of the molecule is NC(=O)c1nnc2[nH]cc(Nc3ccc(O)cc3)c2c1-c1ccccn1. The van der Waals surface area contributed by atoms with E-state index in [1.165, 1.54) is 0 Å². The smallest absolute Gasteiger partial charge is 0.269 e. The predicted molar refractivity (Wildman–Crippen MR) is 97.0 cm³/mol. The van der Waals surface area contributed by atoms with Crippen LogP contribution in [-0.4, -0.2) is 31.2 Å². The van der Waals surface area contributed by atoms with Gasteiger partial charge in [-0.1, -0.05) is 6.07 Å². The molecule has 128 valence electrons. The predicted octanol–water partition coefficient (Wildman–Crippen LogP) is 2.57. The molecule has 0 spiro atoms. The average molecular weight is 346 g/mol. The first-order valence-electron chi connectivity index (χ1n) is 7.78. The minimum atomic E-state index is -0.683. The third kappa shape index (κ3) is 2.69. The van der Waals surface area contributed by atoms with Crippen LogP contribution in [0.4, 0.5) is 11.4 Å². The number of hydrogen-bond acceptors (Lipinski definition) is 6. The Morgan fingerprint density at radius 3 is 2.62 bits per heavy atom. The third-order valence-corrected chi connectivity index (χ3v) is 3.90. The van der Waals surface area contributed by atoms with Gasteiger partial charge in [0, 0.05) is 23.6 Å². The molecule has 3 aromatic heterocycles. The number of carbonyl (C=O) groups is 1. The molecule has 0 saturated carbocycles. The van der Waals surface area contributed by atoms with Gasteiger partial charge < -0.3 is 21.1 Å². The summed E-state index contributed by atoms with van der Waals surface area (Å²) in [6, 6.07) is 12.0. The van der Waals surface area contributed by atoms with E-state index in [9.17, 15) is 9.90 Å². The van der Waals surface area contributed by atoms with E-state index in [0.29, 0.717) is 28.0 Å². The molecule has 0 aliphatic rings. The van der Waals surface area contributed by atoms with Crippen LogP contribution in [0.1, 0.15) is 10.5 Å². The first kappa shape index (κ1) is 15.6. The van der Waals surface area contributed by atoms with Crippen LogP contribution in [0.3, 0.4) is 0 Å². The van der Waals surface area contributed by atoms with Crippen LogP contribution in [0.15, 0.2) is 54.9 Å².